The molecule has 5 rings (SSSR count). The number of anilines is 1. The second-order valence-corrected chi connectivity index (χ2v) is 14.0. The van der Waals surface area contributed by atoms with Crippen molar-refractivity contribution in [3.8, 4) is 34.1 Å². The van der Waals surface area contributed by atoms with E-state index in [1.54, 1.807) is 31.2 Å². The van der Waals surface area contributed by atoms with Crippen molar-refractivity contribution in [2.75, 3.05) is 18.5 Å². The minimum atomic E-state index is -4.68. The minimum Gasteiger partial charge on any atom is -0.497 e. The van der Waals surface area contributed by atoms with Gasteiger partial charge in [0.2, 0.25) is 5.13 Å². The van der Waals surface area contributed by atoms with Gasteiger partial charge in [-0.25, -0.2) is 17.1 Å². The molecule has 0 unspecified atom stereocenters. The molecule has 0 aliphatic heterocycles. The molecule has 0 saturated heterocycles. The third kappa shape index (κ3) is 7.99. The van der Waals surface area contributed by atoms with Crippen LogP contribution in [0.3, 0.4) is 0 Å². The predicted molar refractivity (Wildman–Crippen MR) is 190 cm³/mol. The summed E-state index contributed by atoms with van der Waals surface area (Å²) in [5.41, 5.74) is 2.18. The summed E-state index contributed by atoms with van der Waals surface area (Å²) in [5.74, 6) is -0.638. The van der Waals surface area contributed by atoms with Gasteiger partial charge in [0.25, 0.3) is 10.0 Å². The van der Waals surface area contributed by atoms with Crippen LogP contribution in [0.1, 0.15) is 23.6 Å². The number of hydrogen-bond acceptors (Lipinski definition) is 8. The topological polar surface area (TPSA) is 90.9 Å². The molecule has 0 atom stereocenters. The van der Waals surface area contributed by atoms with Crippen molar-refractivity contribution < 1.29 is 40.2 Å². The fraction of sp³-hybridized carbons (Fsp3) is 0.143. The molecule has 0 aliphatic rings. The number of nitrogens with zero attached hydrogens (tertiary/aromatic N) is 3. The van der Waals surface area contributed by atoms with E-state index in [9.17, 15) is 21.6 Å². The Morgan fingerprint density at radius 2 is 1.75 bits per heavy atom. The summed E-state index contributed by atoms with van der Waals surface area (Å²) in [6.45, 7) is 5.19. The van der Waals surface area contributed by atoms with Gasteiger partial charge in [0.05, 0.1) is 36.4 Å². The fourth-order valence-corrected chi connectivity index (χ4v) is 7.80. The minimum absolute atomic E-state index is 0.0186. The highest BCUT2D eigenvalue weighted by Gasteiger charge is 2.33. The van der Waals surface area contributed by atoms with Crippen LogP contribution in [0.25, 0.3) is 16.7 Å². The van der Waals surface area contributed by atoms with Crippen LogP contribution in [0.2, 0.25) is 10.0 Å². The molecule has 266 valence electrons. The van der Waals surface area contributed by atoms with Gasteiger partial charge in [-0.2, -0.15) is 13.2 Å². The molecule has 0 aliphatic carbocycles. The van der Waals surface area contributed by atoms with Gasteiger partial charge in [-0.1, -0.05) is 65.4 Å². The van der Waals surface area contributed by atoms with E-state index in [0.717, 1.165) is 39.9 Å². The highest BCUT2D eigenvalue weighted by Crippen LogP contribution is 2.43. The standard InChI is InChI=1S/C35H27Cl2F4N3O5S2/c1-5-20(6-2)26-14-25(21-8-7-9-23(12-21)35(39,40)41)27(36)15-31(26)49-32-17-29(38)33(16-28(32)37)51(45,46)44(34-43-42-19-50-34)18-22-10-11-24(47-3)13-30(22)48-4/h5-17,19H,1,18H2,2-4H3/b20-6+. The summed E-state index contributed by atoms with van der Waals surface area (Å²) in [7, 11) is -1.80. The third-order valence-corrected chi connectivity index (χ3v) is 10.7. The first kappa shape index (κ1) is 37.6. The van der Waals surface area contributed by atoms with Crippen LogP contribution in [-0.2, 0) is 22.7 Å². The molecule has 1 aromatic heterocycles. The predicted octanol–water partition coefficient (Wildman–Crippen LogP) is 10.5. The van der Waals surface area contributed by atoms with E-state index < -0.39 is 32.5 Å². The quantitative estimate of drug-likeness (QED) is 0.0920. The summed E-state index contributed by atoms with van der Waals surface area (Å²) >= 11 is 14.0. The maximum atomic E-state index is 15.9. The first-order valence-electron chi connectivity index (χ1n) is 14.7. The number of aromatic nitrogens is 2. The molecule has 5 aromatic rings. The van der Waals surface area contributed by atoms with Crippen LogP contribution in [0, 0.1) is 5.82 Å². The normalized spacial score (nSPS) is 12.1. The van der Waals surface area contributed by atoms with E-state index in [1.165, 1.54) is 50.1 Å². The van der Waals surface area contributed by atoms with Gasteiger partial charge in [-0.3, -0.25) is 0 Å². The molecule has 0 bridgehead atoms. The molecule has 8 nitrogen and oxygen atoms in total. The summed E-state index contributed by atoms with van der Waals surface area (Å²) in [6.07, 6.45) is -1.42. The first-order valence-corrected chi connectivity index (χ1v) is 17.8. The van der Waals surface area contributed by atoms with Crippen molar-refractivity contribution in [3.05, 3.63) is 124 Å². The lowest BCUT2D eigenvalue weighted by atomic mass is 9.96. The van der Waals surface area contributed by atoms with E-state index in [2.05, 4.69) is 16.8 Å². The van der Waals surface area contributed by atoms with E-state index in [0.29, 0.717) is 28.2 Å². The Hall–Kier alpha value is -4.63. The molecule has 16 heteroatoms. The van der Waals surface area contributed by atoms with Crippen LogP contribution in [0.5, 0.6) is 23.0 Å². The zero-order valence-electron chi connectivity index (χ0n) is 27.0. The van der Waals surface area contributed by atoms with Crippen molar-refractivity contribution in [3.63, 3.8) is 0 Å². The summed E-state index contributed by atoms with van der Waals surface area (Å²) in [5, 5.41) is 7.34. The molecule has 1 heterocycles. The van der Waals surface area contributed by atoms with Gasteiger partial charge in [-0.05, 0) is 54.5 Å². The maximum absolute atomic E-state index is 15.9. The largest absolute Gasteiger partial charge is 0.497 e. The van der Waals surface area contributed by atoms with Crippen LogP contribution in [0.4, 0.5) is 22.7 Å². The Balaban J connectivity index is 1.56. The Morgan fingerprint density at radius 1 is 0.980 bits per heavy atom. The van der Waals surface area contributed by atoms with Crippen LogP contribution >= 0.6 is 34.5 Å². The summed E-state index contributed by atoms with van der Waals surface area (Å²) < 4.78 is 102. The number of methoxy groups -OCH3 is 2. The number of hydrogen-bond donors (Lipinski definition) is 0. The number of sulfonamides is 1. The number of allylic oxidation sites excluding steroid dienone is 3. The monoisotopic (exact) mass is 779 g/mol. The van der Waals surface area contributed by atoms with E-state index in [-0.39, 0.29) is 44.3 Å². The van der Waals surface area contributed by atoms with E-state index in [1.807, 2.05) is 0 Å². The second kappa shape index (κ2) is 15.3. The van der Waals surface area contributed by atoms with Crippen molar-refractivity contribution >= 4 is 55.3 Å². The molecule has 4 aromatic carbocycles. The highest BCUT2D eigenvalue weighted by atomic mass is 35.5. The lowest BCUT2D eigenvalue weighted by molar-refractivity contribution is -0.137. The number of rotatable bonds is 12. The Kier molecular flexibility index (Phi) is 11.3. The highest BCUT2D eigenvalue weighted by molar-refractivity contribution is 7.93. The Labute approximate surface area is 305 Å². The average Bonchev–Trinajstić information content (AvgIpc) is 3.64. The third-order valence-electron chi connectivity index (χ3n) is 7.56. The van der Waals surface area contributed by atoms with Crippen LogP contribution in [0.15, 0.2) is 95.9 Å². The van der Waals surface area contributed by atoms with Gasteiger partial charge < -0.3 is 14.2 Å². The molecule has 0 spiro atoms. The molecular formula is C35H27Cl2F4N3O5S2. The van der Waals surface area contributed by atoms with Gasteiger partial charge in [0.15, 0.2) is 0 Å². The molecular weight excluding hydrogens is 753 g/mol. The zero-order valence-corrected chi connectivity index (χ0v) is 30.1. The van der Waals surface area contributed by atoms with Gasteiger partial charge >= 0.3 is 6.18 Å². The van der Waals surface area contributed by atoms with Crippen molar-refractivity contribution in [2.45, 2.75) is 24.5 Å². The molecule has 0 fully saturated rings. The summed E-state index contributed by atoms with van der Waals surface area (Å²) in [6, 6.07) is 14.0. The van der Waals surface area contributed by atoms with Crippen LogP contribution < -0.4 is 18.5 Å². The van der Waals surface area contributed by atoms with Gasteiger partial charge in [0, 0.05) is 34.9 Å². The van der Waals surface area contributed by atoms with E-state index in [4.69, 9.17) is 37.4 Å². The first-order chi connectivity index (χ1) is 24.2. The number of halogens is 6. The van der Waals surface area contributed by atoms with Crippen molar-refractivity contribution in [1.82, 2.24) is 10.2 Å². The molecule has 0 saturated carbocycles. The van der Waals surface area contributed by atoms with E-state index >= 15 is 4.39 Å². The Morgan fingerprint density at radius 3 is 2.37 bits per heavy atom. The van der Waals surface area contributed by atoms with Crippen LogP contribution in [-0.4, -0.2) is 32.8 Å². The van der Waals surface area contributed by atoms with Crippen molar-refractivity contribution in [2.24, 2.45) is 0 Å². The average molecular weight is 781 g/mol. The summed E-state index contributed by atoms with van der Waals surface area (Å²) in [4.78, 5) is -0.777. The smallest absolute Gasteiger partial charge is 0.416 e. The lowest BCUT2D eigenvalue weighted by Gasteiger charge is -2.23. The van der Waals surface area contributed by atoms with Gasteiger partial charge in [-0.15, -0.1) is 10.2 Å². The SMILES string of the molecule is C=C/C(=C\C)c1cc(-c2cccc(C(F)(F)F)c2)c(Cl)cc1Oc1cc(F)c(S(=O)(=O)N(Cc2ccc(OC)cc2OC)c2nncs2)cc1Cl. The zero-order chi connectivity index (χ0) is 37.1. The Bertz CT molecular complexity index is 2230. The van der Waals surface area contributed by atoms with Crippen molar-refractivity contribution in [1.29, 1.82) is 0 Å². The molecule has 0 N–H and O–H groups in total. The number of alkyl halides is 3. The lowest BCUT2D eigenvalue weighted by Crippen LogP contribution is -2.31. The fourth-order valence-electron chi connectivity index (χ4n) is 5.02. The molecule has 0 amide bonds. The second-order valence-electron chi connectivity index (χ2n) is 10.6. The maximum Gasteiger partial charge on any atom is 0.416 e. The molecule has 0 radical (unpaired) electrons. The number of benzene rings is 4. The van der Waals surface area contributed by atoms with Gasteiger partial charge in [0.1, 0.15) is 39.2 Å². The number of ether oxygens (including phenoxy) is 3. The molecule has 51 heavy (non-hydrogen) atoms.